The van der Waals surface area contributed by atoms with Gasteiger partial charge >= 0.3 is 11.9 Å². The van der Waals surface area contributed by atoms with Crippen molar-refractivity contribution in [1.82, 2.24) is 0 Å². The summed E-state index contributed by atoms with van der Waals surface area (Å²) in [6.07, 6.45) is 40.7. The van der Waals surface area contributed by atoms with Crippen LogP contribution in [0.5, 0.6) is 0 Å². The number of nitrogens with zero attached hydrogens (tertiary/aromatic N) is 2. The topological polar surface area (TPSA) is 91.7 Å². The third-order valence-corrected chi connectivity index (χ3v) is 12.5. The van der Waals surface area contributed by atoms with Crippen molar-refractivity contribution in [2.24, 2.45) is 0 Å². The van der Waals surface area contributed by atoms with Gasteiger partial charge in [-0.2, -0.15) is 0 Å². The van der Waals surface area contributed by atoms with Crippen molar-refractivity contribution in [2.45, 2.75) is 203 Å². The molecule has 0 aliphatic carbocycles. The van der Waals surface area contributed by atoms with Crippen LogP contribution in [-0.2, 0) is 10.8 Å². The maximum atomic E-state index is 12.5. The molecule has 0 heterocycles. The maximum Gasteiger partial charge on any atom is 0.336 e. The number of aromatic carboxylic acids is 2. The van der Waals surface area contributed by atoms with Crippen LogP contribution < -0.4 is 0 Å². The lowest BCUT2D eigenvalue weighted by Crippen LogP contribution is -2.35. The molecule has 0 atom stereocenters. The number of carboxylic acids is 2. The lowest BCUT2D eigenvalue weighted by atomic mass is 10.0. The zero-order chi connectivity index (χ0) is 44.9. The van der Waals surface area contributed by atoms with E-state index in [1.165, 1.54) is 229 Å². The van der Waals surface area contributed by atoms with Crippen LogP contribution in [0.3, 0.4) is 0 Å². The van der Waals surface area contributed by atoms with Crippen molar-refractivity contribution in [1.29, 1.82) is 0 Å². The summed E-state index contributed by atoms with van der Waals surface area (Å²) in [5.74, 6) is -2.41. The van der Waals surface area contributed by atoms with E-state index in [0.717, 1.165) is 8.97 Å². The molecular weight excluding hydrogens is 765 g/mol. The van der Waals surface area contributed by atoms with E-state index in [0.29, 0.717) is 0 Å². The highest BCUT2D eigenvalue weighted by atomic mass is 32.2. The van der Waals surface area contributed by atoms with Crippen molar-refractivity contribution in [3.8, 4) is 0 Å². The van der Waals surface area contributed by atoms with Gasteiger partial charge < -0.3 is 19.2 Å². The molecular formula is C52H94N2O5S+2. The molecule has 2 N–H and O–H groups in total. The van der Waals surface area contributed by atoms with Gasteiger partial charge in [-0.15, -0.1) is 0 Å². The molecule has 0 unspecified atom stereocenters. The molecule has 7 nitrogen and oxygen atoms in total. The fourth-order valence-electron chi connectivity index (χ4n) is 7.29. The number of carboxylic acid groups (broad SMARTS) is 2. The number of hydrogen-bond donors (Lipinski definition) is 2. The lowest BCUT2D eigenvalue weighted by molar-refractivity contribution is -0.870. The van der Waals surface area contributed by atoms with Gasteiger partial charge in [-0.05, 0) is 49.9 Å². The Hall–Kier alpha value is -2.55. The first kappa shape index (κ1) is 57.4. The van der Waals surface area contributed by atoms with Crippen molar-refractivity contribution in [2.75, 3.05) is 55.4 Å². The second kappa shape index (κ2) is 37.0. The Kier molecular flexibility index (Phi) is 35.5. The second-order valence-electron chi connectivity index (χ2n) is 19.1. The van der Waals surface area contributed by atoms with E-state index in [1.54, 1.807) is 12.1 Å². The number of rotatable bonds is 34. The minimum Gasteiger partial charge on any atom is -0.478 e. The van der Waals surface area contributed by atoms with Gasteiger partial charge in [-0.25, -0.2) is 13.8 Å². The van der Waals surface area contributed by atoms with E-state index in [1.807, 2.05) is 0 Å². The average molecular weight is 859 g/mol. The molecule has 8 heteroatoms. The third kappa shape index (κ3) is 34.1. The highest BCUT2D eigenvalue weighted by Gasteiger charge is 2.20. The molecule has 0 saturated heterocycles. The molecule has 0 aliphatic heterocycles. The Balaban J connectivity index is 0.000000870. The van der Waals surface area contributed by atoms with E-state index in [4.69, 9.17) is 10.2 Å². The van der Waals surface area contributed by atoms with E-state index in [-0.39, 0.29) is 20.9 Å². The first-order valence-electron chi connectivity index (χ1n) is 24.3. The molecule has 0 bridgehead atoms. The second-order valence-corrected chi connectivity index (χ2v) is 20.5. The van der Waals surface area contributed by atoms with Crippen LogP contribution in [-0.4, -0.2) is 90.7 Å². The van der Waals surface area contributed by atoms with Crippen LogP contribution >= 0.6 is 0 Å². The third-order valence-electron chi connectivity index (χ3n) is 11.0. The van der Waals surface area contributed by atoms with Gasteiger partial charge in [0.15, 0.2) is 0 Å². The van der Waals surface area contributed by atoms with Crippen molar-refractivity contribution in [3.05, 3.63) is 59.7 Å². The Morgan fingerprint density at radius 2 is 0.617 bits per heavy atom. The molecule has 60 heavy (non-hydrogen) atoms. The summed E-state index contributed by atoms with van der Waals surface area (Å²) < 4.78 is 14.7. The van der Waals surface area contributed by atoms with Crippen LogP contribution in [0.1, 0.15) is 214 Å². The van der Waals surface area contributed by atoms with Crippen molar-refractivity contribution in [3.63, 3.8) is 0 Å². The van der Waals surface area contributed by atoms with Crippen LogP contribution in [0, 0.1) is 0 Å². The summed E-state index contributed by atoms with van der Waals surface area (Å²) in [6, 6.07) is 11.7. The Labute approximate surface area is 372 Å². The summed E-state index contributed by atoms with van der Waals surface area (Å²) in [4.78, 5) is 22.4. The van der Waals surface area contributed by atoms with Gasteiger partial charge in [-0.1, -0.05) is 192 Å². The van der Waals surface area contributed by atoms with Crippen LogP contribution in [0.4, 0.5) is 0 Å². The Morgan fingerprint density at radius 3 is 0.833 bits per heavy atom. The van der Waals surface area contributed by atoms with Gasteiger partial charge in [0.1, 0.15) is 0 Å². The highest BCUT2D eigenvalue weighted by Crippen LogP contribution is 2.23. The molecule has 0 fully saturated rings. The molecule has 0 saturated carbocycles. The smallest absolute Gasteiger partial charge is 0.336 e. The quantitative estimate of drug-likeness (QED) is 0.0540. The zero-order valence-corrected chi connectivity index (χ0v) is 41.1. The minimum absolute atomic E-state index is 0.0775. The van der Waals surface area contributed by atoms with Gasteiger partial charge in [-0.3, -0.25) is 0 Å². The zero-order valence-electron chi connectivity index (χ0n) is 40.3. The molecule has 0 radical (unpaired) electrons. The summed E-state index contributed by atoms with van der Waals surface area (Å²) in [5, 5.41) is 18.2. The largest absolute Gasteiger partial charge is 0.478 e. The van der Waals surface area contributed by atoms with Gasteiger partial charge in [0.25, 0.3) is 0 Å². The van der Waals surface area contributed by atoms with Gasteiger partial charge in [0.05, 0.1) is 87.1 Å². The predicted molar refractivity (Wildman–Crippen MR) is 258 cm³/mol. The fraction of sp³-hybridized carbons (Fsp3) is 0.731. The molecule has 346 valence electrons. The number of carbonyl (C=O) groups is 2. The fourth-order valence-corrected chi connectivity index (χ4v) is 8.64. The van der Waals surface area contributed by atoms with E-state index in [9.17, 15) is 13.8 Å². The minimum atomic E-state index is -1.87. The van der Waals surface area contributed by atoms with Crippen molar-refractivity contribution < 1.29 is 33.0 Å². The molecule has 0 aromatic heterocycles. The van der Waals surface area contributed by atoms with E-state index < -0.39 is 22.7 Å². The summed E-state index contributed by atoms with van der Waals surface area (Å²) >= 11 is 0. The lowest BCUT2D eigenvalue weighted by Gasteiger charge is -2.23. The van der Waals surface area contributed by atoms with E-state index in [2.05, 4.69) is 56.1 Å². The number of benzene rings is 2. The highest BCUT2D eigenvalue weighted by molar-refractivity contribution is 7.85. The Bertz CT molecular complexity index is 1270. The molecule has 0 spiro atoms. The predicted octanol–water partition coefficient (Wildman–Crippen LogP) is 14.6. The van der Waals surface area contributed by atoms with Crippen LogP contribution in [0.15, 0.2) is 58.3 Å². The Morgan fingerprint density at radius 1 is 0.400 bits per heavy atom. The molecule has 2 aromatic carbocycles. The summed E-state index contributed by atoms with van der Waals surface area (Å²) in [7, 11) is 11.9. The SMILES string of the molecule is CCCCCCCCCCCCCCCC[N+](C)(C)C.CCCCCCCCCCCCCCCC[N+](C)(C)C.O=C(O)c1ccccc1S(=O)c1ccccc1C(=O)O. The van der Waals surface area contributed by atoms with Crippen molar-refractivity contribution >= 4 is 22.7 Å². The standard InChI is InChI=1S/2C19H42N.C14H10O5S/c2*1-5-6-7-8-9-10-11-12-13-14-15-16-17-18-19-20(2,3)4;15-13(16)9-5-1-3-7-11(9)20(19)12-8-4-2-6-10(12)14(17)18/h2*5-19H2,1-4H3;1-8H,(H,15,16)(H,17,18)/q2*+1;. The van der Waals surface area contributed by atoms with E-state index >= 15 is 0 Å². The first-order chi connectivity index (χ1) is 28.6. The molecule has 0 amide bonds. The number of quaternary nitrogens is 2. The maximum absolute atomic E-state index is 12.5. The summed E-state index contributed by atoms with van der Waals surface area (Å²) in [5.41, 5.74) is -0.211. The number of hydrogen-bond acceptors (Lipinski definition) is 3. The molecule has 2 rings (SSSR count). The normalized spacial score (nSPS) is 11.5. The molecule has 0 aliphatic rings. The molecule has 2 aromatic rings. The average Bonchev–Trinajstić information content (AvgIpc) is 3.20. The van der Waals surface area contributed by atoms with Crippen LogP contribution in [0.25, 0.3) is 0 Å². The summed E-state index contributed by atoms with van der Waals surface area (Å²) in [6.45, 7) is 7.25. The first-order valence-corrected chi connectivity index (χ1v) is 25.5. The monoisotopic (exact) mass is 859 g/mol. The van der Waals surface area contributed by atoms with Crippen LogP contribution in [0.2, 0.25) is 0 Å². The van der Waals surface area contributed by atoms with Gasteiger partial charge in [0, 0.05) is 0 Å². The van der Waals surface area contributed by atoms with Gasteiger partial charge in [0.2, 0.25) is 0 Å². The number of unbranched alkanes of at least 4 members (excludes halogenated alkanes) is 26.